The molecule has 2 heterocycles. The molecule has 2 aliphatic heterocycles. The van der Waals surface area contributed by atoms with E-state index in [1.54, 1.807) is 11.8 Å². The summed E-state index contributed by atoms with van der Waals surface area (Å²) in [6.07, 6.45) is 3.17. The predicted octanol–water partition coefficient (Wildman–Crippen LogP) is 5.22. The molecule has 4 amide bonds. The monoisotopic (exact) mass is 794 g/mol. The summed E-state index contributed by atoms with van der Waals surface area (Å²) in [5.74, 6) is -1.88. The molecule has 0 aliphatic carbocycles. The summed E-state index contributed by atoms with van der Waals surface area (Å²) in [6, 6.07) is 27.4. The van der Waals surface area contributed by atoms with Gasteiger partial charge < -0.3 is 25.3 Å². The third-order valence-corrected chi connectivity index (χ3v) is 17.1. The highest BCUT2D eigenvalue weighted by atomic mass is 28.4. The first kappa shape index (κ1) is 43.5. The number of unbranched alkanes of at least 4 members (excludes halogenated alkanes) is 2. The van der Waals surface area contributed by atoms with E-state index in [2.05, 4.69) is 61.0 Å². The van der Waals surface area contributed by atoms with Gasteiger partial charge in [-0.2, -0.15) is 0 Å². The molecule has 2 aliphatic rings. The highest BCUT2D eigenvalue weighted by Crippen LogP contribution is 2.37. The maximum atomic E-state index is 14.1. The third kappa shape index (κ3) is 9.92. The number of hydrogen-bond donors (Lipinski definition) is 3. The third-order valence-electron chi connectivity index (χ3n) is 12.0. The number of ketones is 1. The SMILES string of the molecule is CC(C)[C@]1(C)NC(=O)[C@H](CCCCCC(=O)[C@@H](C)O[Si](c2ccccc2)(c2ccccc2)C(C)(C)C)NC(=O)[C@H]2CCCN2C(=O)[C@H](Cc2ccccc2)NC1=O. The maximum Gasteiger partial charge on any atom is 0.262 e. The van der Waals surface area contributed by atoms with Crippen molar-refractivity contribution >= 4 is 48.1 Å². The minimum absolute atomic E-state index is 0.0234. The van der Waals surface area contributed by atoms with Crippen molar-refractivity contribution in [3.8, 4) is 0 Å². The Balaban J connectivity index is 1.26. The molecule has 0 aromatic heterocycles. The normalized spacial score (nSPS) is 22.8. The predicted molar refractivity (Wildman–Crippen MR) is 226 cm³/mol. The van der Waals surface area contributed by atoms with E-state index in [1.165, 1.54) is 0 Å². The van der Waals surface area contributed by atoms with Gasteiger partial charge in [0.25, 0.3) is 8.32 Å². The van der Waals surface area contributed by atoms with E-state index in [1.807, 2.05) is 87.5 Å². The van der Waals surface area contributed by atoms with Gasteiger partial charge in [-0.1, -0.05) is 138 Å². The zero-order valence-corrected chi connectivity index (χ0v) is 35.8. The second-order valence-electron chi connectivity index (χ2n) is 17.3. The van der Waals surface area contributed by atoms with Crippen LogP contribution < -0.4 is 26.3 Å². The summed E-state index contributed by atoms with van der Waals surface area (Å²) in [7, 11) is -2.91. The Labute approximate surface area is 340 Å². The Morgan fingerprint density at radius 1 is 0.807 bits per heavy atom. The van der Waals surface area contributed by atoms with Gasteiger partial charge in [-0.05, 0) is 66.4 Å². The van der Waals surface area contributed by atoms with E-state index in [0.717, 1.165) is 15.9 Å². The minimum atomic E-state index is -2.91. The molecule has 3 N–H and O–H groups in total. The van der Waals surface area contributed by atoms with E-state index in [9.17, 15) is 24.0 Å². The smallest absolute Gasteiger partial charge is 0.262 e. The molecule has 2 saturated heterocycles. The van der Waals surface area contributed by atoms with Crippen LogP contribution >= 0.6 is 0 Å². The summed E-state index contributed by atoms with van der Waals surface area (Å²) in [6.45, 7) is 14.2. The van der Waals surface area contributed by atoms with Crippen LogP contribution in [0.4, 0.5) is 0 Å². The van der Waals surface area contributed by atoms with Crippen LogP contribution in [0.1, 0.15) is 99.0 Å². The molecule has 10 nitrogen and oxygen atoms in total. The second kappa shape index (κ2) is 18.8. The Hall–Kier alpha value is -4.61. The summed E-state index contributed by atoms with van der Waals surface area (Å²) >= 11 is 0. The molecule has 0 saturated carbocycles. The maximum absolute atomic E-state index is 14.1. The van der Waals surface area contributed by atoms with E-state index in [-0.39, 0.29) is 35.0 Å². The lowest BCUT2D eigenvalue weighted by molar-refractivity contribution is -0.145. The number of nitrogens with zero attached hydrogens (tertiary/aromatic N) is 1. The van der Waals surface area contributed by atoms with Crippen LogP contribution in [0.5, 0.6) is 0 Å². The highest BCUT2D eigenvalue weighted by Gasteiger charge is 2.52. The van der Waals surface area contributed by atoms with Crippen molar-refractivity contribution in [1.82, 2.24) is 20.9 Å². The van der Waals surface area contributed by atoms with Crippen molar-refractivity contribution in [2.75, 3.05) is 6.54 Å². The molecule has 2 fully saturated rings. The zero-order valence-electron chi connectivity index (χ0n) is 34.8. The number of benzene rings is 3. The Morgan fingerprint density at radius 3 is 1.95 bits per heavy atom. The molecule has 5 rings (SSSR count). The van der Waals surface area contributed by atoms with E-state index in [0.29, 0.717) is 51.5 Å². The van der Waals surface area contributed by atoms with Crippen LogP contribution in [-0.4, -0.2) is 78.9 Å². The largest absolute Gasteiger partial charge is 0.398 e. The first-order valence-electron chi connectivity index (χ1n) is 20.7. The van der Waals surface area contributed by atoms with Gasteiger partial charge in [0, 0.05) is 19.4 Å². The highest BCUT2D eigenvalue weighted by molar-refractivity contribution is 6.99. The quantitative estimate of drug-likeness (QED) is 0.152. The summed E-state index contributed by atoms with van der Waals surface area (Å²) < 4.78 is 7.04. The van der Waals surface area contributed by atoms with Crippen LogP contribution in [-0.2, 0) is 34.8 Å². The summed E-state index contributed by atoms with van der Waals surface area (Å²) in [5, 5.41) is 10.9. The van der Waals surface area contributed by atoms with Crippen LogP contribution in [0, 0.1) is 5.92 Å². The molecule has 0 unspecified atom stereocenters. The molecule has 306 valence electrons. The molecular weight excluding hydrogens is 733 g/mol. The Kier molecular flexibility index (Phi) is 14.3. The van der Waals surface area contributed by atoms with Gasteiger partial charge in [-0.25, -0.2) is 0 Å². The van der Waals surface area contributed by atoms with Crippen molar-refractivity contribution in [3.05, 3.63) is 96.6 Å². The van der Waals surface area contributed by atoms with E-state index < -0.39 is 49.9 Å². The topological polar surface area (TPSA) is 134 Å². The van der Waals surface area contributed by atoms with Crippen molar-refractivity contribution in [3.63, 3.8) is 0 Å². The molecule has 3 aromatic rings. The van der Waals surface area contributed by atoms with Gasteiger partial charge in [0.15, 0.2) is 5.78 Å². The summed E-state index contributed by atoms with van der Waals surface area (Å²) in [4.78, 5) is 71.3. The zero-order chi connectivity index (χ0) is 41.4. The molecule has 57 heavy (non-hydrogen) atoms. The summed E-state index contributed by atoms with van der Waals surface area (Å²) in [5.41, 5.74) is -0.478. The van der Waals surface area contributed by atoms with Gasteiger partial charge >= 0.3 is 0 Å². The molecule has 11 heteroatoms. The van der Waals surface area contributed by atoms with Crippen molar-refractivity contribution in [2.45, 2.75) is 135 Å². The number of nitrogens with one attached hydrogen (secondary N) is 3. The lowest BCUT2D eigenvalue weighted by Gasteiger charge is -2.44. The van der Waals surface area contributed by atoms with E-state index >= 15 is 0 Å². The number of carbonyl (C=O) groups is 5. The number of amides is 4. The molecule has 0 radical (unpaired) electrons. The number of Topliss-reactive ketones (excluding diaryl/α,β-unsaturated/α-hetero) is 1. The fourth-order valence-corrected chi connectivity index (χ4v) is 12.9. The number of hydrogen-bond acceptors (Lipinski definition) is 6. The minimum Gasteiger partial charge on any atom is -0.398 e. The Bertz CT molecular complexity index is 1810. The fraction of sp³-hybridized carbons (Fsp3) is 0.500. The average Bonchev–Trinajstić information content (AvgIpc) is 3.69. The van der Waals surface area contributed by atoms with Crippen molar-refractivity contribution < 1.29 is 28.4 Å². The van der Waals surface area contributed by atoms with Crippen LogP contribution in [0.25, 0.3) is 0 Å². The van der Waals surface area contributed by atoms with Gasteiger partial charge in [-0.3, -0.25) is 24.0 Å². The average molecular weight is 795 g/mol. The lowest BCUT2D eigenvalue weighted by Crippen LogP contribution is -2.68. The van der Waals surface area contributed by atoms with Crippen molar-refractivity contribution in [2.24, 2.45) is 5.92 Å². The van der Waals surface area contributed by atoms with E-state index in [4.69, 9.17) is 4.43 Å². The molecule has 5 atom stereocenters. The first-order valence-corrected chi connectivity index (χ1v) is 22.6. The molecule has 0 spiro atoms. The number of fused-ring (bicyclic) bond motifs is 1. The second-order valence-corrected chi connectivity index (χ2v) is 21.6. The van der Waals surface area contributed by atoms with Gasteiger partial charge in [0.2, 0.25) is 23.6 Å². The lowest BCUT2D eigenvalue weighted by atomic mass is 9.86. The standard InChI is InChI=1S/C46H62N4O6Si/c1-32(2)46(7)44(55)48-38(31-34-21-12-8-13-22-34)43(54)50-30-20-28-39(50)42(53)47-37(41(52)49-46)27-18-11-19-29-40(51)33(3)56-57(45(4,5)6,35-23-14-9-15-24-35)36-25-16-10-17-26-36/h8-10,12-17,21-26,32-33,37-39H,11,18-20,27-31H2,1-7H3,(H,47,53)(H,48,55)(H,49,52)/t33-,37+,38+,39-,46+/m1/s1. The van der Waals surface area contributed by atoms with Gasteiger partial charge in [0.1, 0.15) is 29.8 Å². The van der Waals surface area contributed by atoms with Crippen molar-refractivity contribution in [1.29, 1.82) is 0 Å². The number of carbonyl (C=O) groups excluding carboxylic acids is 5. The first-order chi connectivity index (χ1) is 27.1. The van der Waals surface area contributed by atoms with Crippen LogP contribution in [0.3, 0.4) is 0 Å². The molecule has 3 aromatic carbocycles. The van der Waals surface area contributed by atoms with Gasteiger partial charge in [-0.15, -0.1) is 0 Å². The molecular formula is C46H62N4O6Si. The number of rotatable bonds is 14. The van der Waals surface area contributed by atoms with Crippen LogP contribution in [0.15, 0.2) is 91.0 Å². The fourth-order valence-electron chi connectivity index (χ4n) is 8.25. The van der Waals surface area contributed by atoms with Gasteiger partial charge in [0.05, 0.1) is 0 Å². The Morgan fingerprint density at radius 2 is 1.39 bits per heavy atom. The molecule has 0 bridgehead atoms. The van der Waals surface area contributed by atoms with Crippen LogP contribution in [0.2, 0.25) is 5.04 Å².